The van der Waals surface area contributed by atoms with Gasteiger partial charge >= 0.3 is 0 Å². The second-order valence-corrected chi connectivity index (χ2v) is 6.84. The van der Waals surface area contributed by atoms with Crippen LogP contribution in [0.15, 0.2) is 54.9 Å². The van der Waals surface area contributed by atoms with E-state index < -0.39 is 0 Å². The van der Waals surface area contributed by atoms with Gasteiger partial charge in [-0.15, -0.1) is 0 Å². The topological polar surface area (TPSA) is 79.0 Å². The van der Waals surface area contributed by atoms with Crippen LogP contribution in [-0.2, 0) is 0 Å². The Hall–Kier alpha value is -3.35. The maximum Gasteiger partial charge on any atom is 0.257 e. The first-order chi connectivity index (χ1) is 13.6. The van der Waals surface area contributed by atoms with Gasteiger partial charge in [0, 0.05) is 30.8 Å². The summed E-state index contributed by atoms with van der Waals surface area (Å²) >= 11 is 0. The van der Waals surface area contributed by atoms with Gasteiger partial charge in [0.25, 0.3) is 5.91 Å². The van der Waals surface area contributed by atoms with Crippen LogP contribution in [0.3, 0.4) is 0 Å². The molecule has 0 spiro atoms. The van der Waals surface area contributed by atoms with Gasteiger partial charge in [0.1, 0.15) is 11.5 Å². The maximum absolute atomic E-state index is 13.6. The van der Waals surface area contributed by atoms with E-state index in [2.05, 4.69) is 15.2 Å². The van der Waals surface area contributed by atoms with Crippen molar-refractivity contribution in [2.45, 2.75) is 12.8 Å². The number of carbonyl (C=O) groups is 2. The zero-order valence-corrected chi connectivity index (χ0v) is 15.1. The molecule has 0 unspecified atom stereocenters. The van der Waals surface area contributed by atoms with Gasteiger partial charge in [0.2, 0.25) is 0 Å². The molecule has 6 nitrogen and oxygen atoms in total. The number of rotatable bonds is 4. The Labute approximate surface area is 161 Å². The fourth-order valence-electron chi connectivity index (χ4n) is 3.58. The Morgan fingerprint density at radius 1 is 1.18 bits per heavy atom. The molecular weight excluding hydrogens is 359 g/mol. The SMILES string of the molecule is O=C(c1ccccn1)[C@H]1CCCN(C(=O)c2cn[nH]c2-c2cccc(F)c2)C1. The van der Waals surface area contributed by atoms with E-state index in [1.165, 1.54) is 18.3 Å². The van der Waals surface area contributed by atoms with E-state index >= 15 is 0 Å². The number of hydrogen-bond donors (Lipinski definition) is 1. The van der Waals surface area contributed by atoms with Gasteiger partial charge in [-0.3, -0.25) is 19.7 Å². The number of pyridine rings is 1. The number of nitrogens with one attached hydrogen (secondary N) is 1. The van der Waals surface area contributed by atoms with Gasteiger partial charge < -0.3 is 4.90 Å². The number of benzene rings is 1. The maximum atomic E-state index is 13.6. The number of piperidine rings is 1. The van der Waals surface area contributed by atoms with Gasteiger partial charge in [-0.1, -0.05) is 18.2 Å². The lowest BCUT2D eigenvalue weighted by Crippen LogP contribution is -2.42. The third kappa shape index (κ3) is 3.55. The van der Waals surface area contributed by atoms with Crippen LogP contribution in [0.25, 0.3) is 11.3 Å². The van der Waals surface area contributed by atoms with Crippen molar-refractivity contribution in [1.29, 1.82) is 0 Å². The predicted molar refractivity (Wildman–Crippen MR) is 101 cm³/mol. The van der Waals surface area contributed by atoms with Crippen molar-refractivity contribution in [3.05, 3.63) is 71.9 Å². The number of aromatic amines is 1. The summed E-state index contributed by atoms with van der Waals surface area (Å²) in [6.07, 6.45) is 4.51. The van der Waals surface area contributed by atoms with Gasteiger partial charge in [-0.25, -0.2) is 4.39 Å². The fourth-order valence-corrected chi connectivity index (χ4v) is 3.58. The highest BCUT2D eigenvalue weighted by molar-refractivity contribution is 6.01. The van der Waals surface area contributed by atoms with Gasteiger partial charge in [0.15, 0.2) is 5.78 Å². The lowest BCUT2D eigenvalue weighted by Gasteiger charge is -2.31. The fraction of sp³-hybridized carbons (Fsp3) is 0.238. The Morgan fingerprint density at radius 2 is 2.07 bits per heavy atom. The van der Waals surface area contributed by atoms with Crippen LogP contribution in [0.4, 0.5) is 4.39 Å². The Balaban J connectivity index is 1.54. The minimum Gasteiger partial charge on any atom is -0.338 e. The molecule has 7 heteroatoms. The summed E-state index contributed by atoms with van der Waals surface area (Å²) in [5, 5.41) is 6.76. The largest absolute Gasteiger partial charge is 0.338 e. The van der Waals surface area contributed by atoms with E-state index in [0.717, 1.165) is 12.8 Å². The van der Waals surface area contributed by atoms with E-state index in [9.17, 15) is 14.0 Å². The number of Topliss-reactive ketones (excluding diaryl/α,β-unsaturated/α-hetero) is 1. The molecule has 3 aromatic rings. The number of likely N-dealkylation sites (tertiary alicyclic amines) is 1. The van der Waals surface area contributed by atoms with Crippen molar-refractivity contribution < 1.29 is 14.0 Å². The third-order valence-electron chi connectivity index (χ3n) is 4.98. The molecular formula is C21H19FN4O2. The molecule has 1 fully saturated rings. The number of aromatic nitrogens is 3. The van der Waals surface area contributed by atoms with Crippen LogP contribution >= 0.6 is 0 Å². The molecule has 1 atom stereocenters. The van der Waals surface area contributed by atoms with Crippen molar-refractivity contribution in [1.82, 2.24) is 20.1 Å². The van der Waals surface area contributed by atoms with Crippen LogP contribution in [0.2, 0.25) is 0 Å². The van der Waals surface area contributed by atoms with Gasteiger partial charge in [0.05, 0.1) is 17.5 Å². The monoisotopic (exact) mass is 378 g/mol. The van der Waals surface area contributed by atoms with Crippen molar-refractivity contribution in [2.24, 2.45) is 5.92 Å². The molecule has 0 aliphatic carbocycles. The Bertz CT molecular complexity index is 1000. The molecule has 0 saturated carbocycles. The normalized spacial score (nSPS) is 16.8. The average Bonchev–Trinajstić information content (AvgIpc) is 3.23. The van der Waals surface area contributed by atoms with Crippen LogP contribution in [0.1, 0.15) is 33.7 Å². The molecule has 4 rings (SSSR count). The Morgan fingerprint density at radius 3 is 2.86 bits per heavy atom. The summed E-state index contributed by atoms with van der Waals surface area (Å²) in [4.78, 5) is 31.6. The quantitative estimate of drug-likeness (QED) is 0.706. The summed E-state index contributed by atoms with van der Waals surface area (Å²) in [6, 6.07) is 11.2. The second kappa shape index (κ2) is 7.72. The summed E-state index contributed by atoms with van der Waals surface area (Å²) in [5.41, 5.74) is 1.82. The first-order valence-corrected chi connectivity index (χ1v) is 9.17. The van der Waals surface area contributed by atoms with Crippen LogP contribution in [-0.4, -0.2) is 44.9 Å². The van der Waals surface area contributed by atoms with E-state index in [4.69, 9.17) is 0 Å². The van der Waals surface area contributed by atoms with E-state index in [0.29, 0.717) is 35.6 Å². The zero-order valence-electron chi connectivity index (χ0n) is 15.1. The molecule has 2 aromatic heterocycles. The highest BCUT2D eigenvalue weighted by Gasteiger charge is 2.31. The van der Waals surface area contributed by atoms with Crippen molar-refractivity contribution >= 4 is 11.7 Å². The van der Waals surface area contributed by atoms with Crippen LogP contribution in [0.5, 0.6) is 0 Å². The number of H-pyrrole nitrogens is 1. The molecule has 1 N–H and O–H groups in total. The molecule has 1 saturated heterocycles. The van der Waals surface area contributed by atoms with Gasteiger partial charge in [-0.05, 0) is 37.1 Å². The first kappa shape index (κ1) is 18.0. The molecule has 1 aromatic carbocycles. The lowest BCUT2D eigenvalue weighted by molar-refractivity contribution is 0.0636. The number of carbonyl (C=O) groups excluding carboxylic acids is 2. The first-order valence-electron chi connectivity index (χ1n) is 9.17. The number of halogens is 1. The summed E-state index contributed by atoms with van der Waals surface area (Å²) in [7, 11) is 0. The predicted octanol–water partition coefficient (Wildman–Crippen LogP) is 3.35. The number of amides is 1. The number of ketones is 1. The third-order valence-corrected chi connectivity index (χ3v) is 4.98. The molecule has 142 valence electrons. The second-order valence-electron chi connectivity index (χ2n) is 6.84. The minimum absolute atomic E-state index is 0.0457. The molecule has 0 radical (unpaired) electrons. The van der Waals surface area contributed by atoms with Crippen LogP contribution in [0, 0.1) is 11.7 Å². The van der Waals surface area contributed by atoms with Crippen molar-refractivity contribution in [3.63, 3.8) is 0 Å². The van der Waals surface area contributed by atoms with Crippen molar-refractivity contribution in [3.8, 4) is 11.3 Å². The number of hydrogen-bond acceptors (Lipinski definition) is 4. The summed E-state index contributed by atoms with van der Waals surface area (Å²) < 4.78 is 13.6. The lowest BCUT2D eigenvalue weighted by atomic mass is 9.91. The molecule has 1 amide bonds. The van der Waals surface area contributed by atoms with Gasteiger partial charge in [-0.2, -0.15) is 5.10 Å². The average molecular weight is 378 g/mol. The molecule has 3 heterocycles. The summed E-state index contributed by atoms with van der Waals surface area (Å²) in [5.74, 6) is -0.927. The molecule has 28 heavy (non-hydrogen) atoms. The molecule has 0 bridgehead atoms. The smallest absolute Gasteiger partial charge is 0.257 e. The highest BCUT2D eigenvalue weighted by atomic mass is 19.1. The Kier molecular flexibility index (Phi) is 4.97. The number of nitrogens with zero attached hydrogens (tertiary/aromatic N) is 3. The van der Waals surface area contributed by atoms with Crippen LogP contribution < -0.4 is 0 Å². The molecule has 1 aliphatic heterocycles. The van der Waals surface area contributed by atoms with E-state index in [1.54, 1.807) is 41.4 Å². The van der Waals surface area contributed by atoms with E-state index in [1.807, 2.05) is 0 Å². The standard InChI is InChI=1S/C21H19FN4O2/c22-16-7-3-5-14(11-16)19-17(12-24-25-19)21(28)26-10-4-6-15(13-26)20(27)18-8-1-2-9-23-18/h1-3,5,7-9,11-12,15H,4,6,10,13H2,(H,24,25)/t15-/m0/s1. The minimum atomic E-state index is -0.385. The van der Waals surface area contributed by atoms with E-state index in [-0.39, 0.29) is 23.4 Å². The zero-order chi connectivity index (χ0) is 19.5. The van der Waals surface area contributed by atoms with Crippen molar-refractivity contribution in [2.75, 3.05) is 13.1 Å². The molecule has 1 aliphatic rings. The summed E-state index contributed by atoms with van der Waals surface area (Å²) in [6.45, 7) is 0.903. The highest BCUT2D eigenvalue weighted by Crippen LogP contribution is 2.26.